The number of likely N-dealkylation sites (N-methyl/N-ethyl adjacent to an activating group) is 1. The Hall–Kier alpha value is -4.51. The lowest BCUT2D eigenvalue weighted by Gasteiger charge is -2.50. The standard InChI is InChI=1S/C38H48N6O5/c1-4-5-16-29-17-31(29)37(48)43-24-38(25-43)23-42(36(47)30-18-40-44(20-30)19-27-12-8-6-9-13-27)21-32(38)34(45)41-33(35(46)39-3)26(2)49-22-28-14-10-7-11-15-28/h6-15,18,20,26,29,31-33H,4-5,16-17,19,21-25H2,1-3H3,(H,39,46)(H,41,45)/t26-,29?,31?,32-,33+/m1/s1. The van der Waals surface area contributed by atoms with Gasteiger partial charge in [0.15, 0.2) is 0 Å². The number of benzene rings is 2. The first-order valence-electron chi connectivity index (χ1n) is 17.5. The molecule has 3 aliphatic rings. The number of nitrogens with zero attached hydrogens (tertiary/aromatic N) is 4. The molecule has 2 aromatic carbocycles. The van der Waals surface area contributed by atoms with Crippen molar-refractivity contribution >= 4 is 23.6 Å². The second-order valence-corrected chi connectivity index (χ2v) is 14.1. The third-order valence-electron chi connectivity index (χ3n) is 10.5. The minimum atomic E-state index is -0.942. The van der Waals surface area contributed by atoms with Gasteiger partial charge >= 0.3 is 0 Å². The first kappa shape index (κ1) is 34.4. The lowest BCUT2D eigenvalue weighted by Crippen LogP contribution is -2.65. The molecule has 5 atom stereocenters. The van der Waals surface area contributed by atoms with E-state index in [1.807, 2.05) is 65.6 Å². The maximum absolute atomic E-state index is 14.2. The molecule has 49 heavy (non-hydrogen) atoms. The van der Waals surface area contributed by atoms with Gasteiger partial charge in [-0.1, -0.05) is 80.4 Å². The van der Waals surface area contributed by atoms with Crippen LogP contribution in [-0.4, -0.2) is 88.6 Å². The van der Waals surface area contributed by atoms with Crippen molar-refractivity contribution < 1.29 is 23.9 Å². The van der Waals surface area contributed by atoms with Crippen LogP contribution in [0.15, 0.2) is 73.1 Å². The number of amides is 4. The highest BCUT2D eigenvalue weighted by Crippen LogP contribution is 2.49. The normalized spacial score (nSPS) is 21.9. The number of unbranched alkanes of at least 4 members (excludes halogenated alkanes) is 1. The topological polar surface area (TPSA) is 126 Å². The molecule has 3 aromatic rings. The van der Waals surface area contributed by atoms with Crippen molar-refractivity contribution in [3.63, 3.8) is 0 Å². The Morgan fingerprint density at radius 3 is 2.33 bits per heavy atom. The van der Waals surface area contributed by atoms with E-state index < -0.39 is 23.5 Å². The van der Waals surface area contributed by atoms with Crippen molar-refractivity contribution in [1.29, 1.82) is 0 Å². The van der Waals surface area contributed by atoms with Gasteiger partial charge in [0, 0.05) is 50.8 Å². The van der Waals surface area contributed by atoms with Gasteiger partial charge in [0.2, 0.25) is 17.7 Å². The van der Waals surface area contributed by atoms with Crippen LogP contribution < -0.4 is 10.6 Å². The number of likely N-dealkylation sites (tertiary alicyclic amines) is 2. The third-order valence-corrected chi connectivity index (χ3v) is 10.5. The van der Waals surface area contributed by atoms with Gasteiger partial charge in [-0.25, -0.2) is 0 Å². The average Bonchev–Trinajstić information content (AvgIpc) is 3.53. The molecule has 2 aliphatic heterocycles. The van der Waals surface area contributed by atoms with Gasteiger partial charge in [-0.3, -0.25) is 23.9 Å². The first-order chi connectivity index (χ1) is 23.7. The van der Waals surface area contributed by atoms with Crippen molar-refractivity contribution in [2.75, 3.05) is 33.2 Å². The molecule has 3 fully saturated rings. The van der Waals surface area contributed by atoms with E-state index in [1.54, 1.807) is 28.9 Å². The van der Waals surface area contributed by atoms with Crippen molar-refractivity contribution in [1.82, 2.24) is 30.2 Å². The van der Waals surface area contributed by atoms with E-state index in [9.17, 15) is 19.2 Å². The minimum Gasteiger partial charge on any atom is -0.371 e. The minimum absolute atomic E-state index is 0.0611. The largest absolute Gasteiger partial charge is 0.371 e. The summed E-state index contributed by atoms with van der Waals surface area (Å²) in [6.45, 7) is 6.08. The number of hydrogen-bond donors (Lipinski definition) is 2. The van der Waals surface area contributed by atoms with Gasteiger partial charge in [-0.15, -0.1) is 0 Å². The van der Waals surface area contributed by atoms with Crippen molar-refractivity contribution in [2.45, 2.75) is 64.8 Å². The van der Waals surface area contributed by atoms with Gasteiger partial charge in [0.05, 0.1) is 36.9 Å². The average molecular weight is 669 g/mol. The van der Waals surface area contributed by atoms with Crippen LogP contribution in [0.1, 0.15) is 61.0 Å². The van der Waals surface area contributed by atoms with Crippen molar-refractivity contribution in [3.8, 4) is 0 Å². The summed E-state index contributed by atoms with van der Waals surface area (Å²) < 4.78 is 7.78. The molecule has 1 aromatic heterocycles. The predicted octanol–water partition coefficient (Wildman–Crippen LogP) is 3.49. The van der Waals surface area contributed by atoms with E-state index >= 15 is 0 Å². The highest BCUT2D eigenvalue weighted by Gasteiger charge is 2.60. The van der Waals surface area contributed by atoms with Gasteiger partial charge in [0.25, 0.3) is 5.91 Å². The zero-order valence-electron chi connectivity index (χ0n) is 28.7. The molecule has 1 aliphatic carbocycles. The van der Waals surface area contributed by atoms with Crippen LogP contribution in [0.5, 0.6) is 0 Å². The Bertz CT molecular complexity index is 1620. The molecular weight excluding hydrogens is 620 g/mol. The van der Waals surface area contributed by atoms with E-state index in [-0.39, 0.29) is 42.7 Å². The number of carbonyl (C=O) groups is 4. The van der Waals surface area contributed by atoms with Crippen LogP contribution in [0.3, 0.4) is 0 Å². The number of aromatic nitrogens is 2. The van der Waals surface area contributed by atoms with Crippen LogP contribution in [0.2, 0.25) is 0 Å². The molecule has 0 radical (unpaired) electrons. The molecule has 3 heterocycles. The summed E-state index contributed by atoms with van der Waals surface area (Å²) in [5.74, 6) is -0.834. The van der Waals surface area contributed by atoms with Crippen LogP contribution in [0.25, 0.3) is 0 Å². The lowest BCUT2D eigenvalue weighted by atomic mass is 9.70. The maximum Gasteiger partial charge on any atom is 0.257 e. The molecule has 11 heteroatoms. The molecule has 6 rings (SSSR count). The smallest absolute Gasteiger partial charge is 0.257 e. The summed E-state index contributed by atoms with van der Waals surface area (Å²) >= 11 is 0. The molecule has 1 saturated carbocycles. The fraction of sp³-hybridized carbons (Fsp3) is 0.500. The molecule has 2 N–H and O–H groups in total. The van der Waals surface area contributed by atoms with Crippen molar-refractivity contribution in [2.24, 2.45) is 23.2 Å². The zero-order valence-corrected chi connectivity index (χ0v) is 28.7. The Balaban J connectivity index is 1.16. The number of ether oxygens (including phenoxy) is 1. The Morgan fingerprint density at radius 2 is 1.65 bits per heavy atom. The summed E-state index contributed by atoms with van der Waals surface area (Å²) in [7, 11) is 1.53. The summed E-state index contributed by atoms with van der Waals surface area (Å²) in [6.07, 6.45) is 6.93. The van der Waals surface area contributed by atoms with Gasteiger partial charge < -0.3 is 25.2 Å². The van der Waals surface area contributed by atoms with Gasteiger partial charge in [-0.05, 0) is 36.8 Å². The second kappa shape index (κ2) is 14.9. The van der Waals surface area contributed by atoms with Crippen LogP contribution in [-0.2, 0) is 32.3 Å². The highest BCUT2D eigenvalue weighted by atomic mass is 16.5. The molecule has 260 valence electrons. The maximum atomic E-state index is 14.2. The van der Waals surface area contributed by atoms with Crippen LogP contribution in [0, 0.1) is 23.2 Å². The summed E-state index contributed by atoms with van der Waals surface area (Å²) in [4.78, 5) is 58.1. The molecule has 1 spiro atoms. The molecular formula is C38H48N6O5. The predicted molar refractivity (Wildman–Crippen MR) is 184 cm³/mol. The Kier molecular flexibility index (Phi) is 10.5. The quantitative estimate of drug-likeness (QED) is 0.271. The van der Waals surface area contributed by atoms with Crippen molar-refractivity contribution in [3.05, 3.63) is 89.7 Å². The third kappa shape index (κ3) is 7.72. The monoisotopic (exact) mass is 668 g/mol. The van der Waals surface area contributed by atoms with E-state index in [0.717, 1.165) is 36.8 Å². The van der Waals surface area contributed by atoms with E-state index in [1.165, 1.54) is 7.05 Å². The molecule has 4 amide bonds. The van der Waals surface area contributed by atoms with Crippen LogP contribution in [0.4, 0.5) is 0 Å². The zero-order chi connectivity index (χ0) is 34.5. The number of nitrogens with one attached hydrogen (secondary N) is 2. The van der Waals surface area contributed by atoms with Gasteiger partial charge in [-0.2, -0.15) is 5.10 Å². The van der Waals surface area contributed by atoms with E-state index in [4.69, 9.17) is 4.74 Å². The molecule has 2 unspecified atom stereocenters. The fourth-order valence-electron chi connectivity index (χ4n) is 7.46. The van der Waals surface area contributed by atoms with Gasteiger partial charge in [0.1, 0.15) is 6.04 Å². The number of rotatable bonds is 14. The lowest BCUT2D eigenvalue weighted by molar-refractivity contribution is -0.152. The molecule has 2 saturated heterocycles. The molecule has 11 nitrogen and oxygen atoms in total. The van der Waals surface area contributed by atoms with Crippen LogP contribution >= 0.6 is 0 Å². The summed E-state index contributed by atoms with van der Waals surface area (Å²) in [5.41, 5.74) is 1.87. The SMILES string of the molecule is CCCCC1CC1C(=O)N1CC2(CN(C(=O)c3cnn(Cc4ccccc4)c3)C[C@@H]2C(=O)N[C@H](C(=O)NC)[C@@H](C)OCc2ccccc2)C1. The fourth-order valence-corrected chi connectivity index (χ4v) is 7.46. The van der Waals surface area contributed by atoms with E-state index in [2.05, 4.69) is 22.7 Å². The Morgan fingerprint density at radius 1 is 0.980 bits per heavy atom. The highest BCUT2D eigenvalue weighted by molar-refractivity contribution is 5.95. The molecule has 0 bridgehead atoms. The first-order valence-corrected chi connectivity index (χ1v) is 17.5. The Labute approximate surface area is 288 Å². The summed E-state index contributed by atoms with van der Waals surface area (Å²) in [5, 5.41) is 10.1. The second-order valence-electron chi connectivity index (χ2n) is 14.1. The van der Waals surface area contributed by atoms with E-state index in [0.29, 0.717) is 37.7 Å². The number of hydrogen-bond acceptors (Lipinski definition) is 6. The number of carbonyl (C=O) groups excluding carboxylic acids is 4. The summed E-state index contributed by atoms with van der Waals surface area (Å²) in [6, 6.07) is 18.6.